The maximum Gasteiger partial charge on any atom is 0.334 e. The van der Waals surface area contributed by atoms with E-state index in [0.29, 0.717) is 30.8 Å². The Labute approximate surface area is 233 Å². The number of hydrogen-bond acceptors (Lipinski definition) is 7. The normalized spacial score (nSPS) is 13.3. The number of esters is 2. The molecule has 210 valence electrons. The Hall–Kier alpha value is -2.39. The number of nitrogens with zero attached hydrogens (tertiary/aromatic N) is 1. The number of hydrogen-bond donors (Lipinski definition) is 0. The van der Waals surface area contributed by atoms with Crippen LogP contribution in [0.5, 0.6) is 0 Å². The van der Waals surface area contributed by atoms with Gasteiger partial charge in [0, 0.05) is 22.5 Å². The minimum Gasteiger partial charge on any atom is -0.465 e. The van der Waals surface area contributed by atoms with Crippen LogP contribution in [0.15, 0.2) is 28.2 Å². The molecule has 2 amide bonds. The lowest BCUT2D eigenvalue weighted by Gasteiger charge is -2.26. The highest BCUT2D eigenvalue weighted by atomic mass is 35.5. The maximum absolute atomic E-state index is 15.2. The first-order chi connectivity index (χ1) is 18.2. The highest BCUT2D eigenvalue weighted by molar-refractivity contribution is 8.00. The van der Waals surface area contributed by atoms with Crippen molar-refractivity contribution in [2.24, 2.45) is 0 Å². The van der Waals surface area contributed by atoms with Crippen molar-refractivity contribution in [2.45, 2.75) is 89.9 Å². The SMILES string of the molecule is CCCCCOC(=O)C1=C(C(=O)N(C(=O)CC)c2cc(SCC(=O)OCCCC)c(Cl)cc2F)CCCC1. The first-order valence-electron chi connectivity index (χ1n) is 13.3. The minimum absolute atomic E-state index is 0.0437. The van der Waals surface area contributed by atoms with Gasteiger partial charge in [-0.05, 0) is 50.7 Å². The summed E-state index contributed by atoms with van der Waals surface area (Å²) < 4.78 is 25.7. The second-order valence-electron chi connectivity index (χ2n) is 8.99. The van der Waals surface area contributed by atoms with E-state index in [4.69, 9.17) is 21.1 Å². The van der Waals surface area contributed by atoms with E-state index < -0.39 is 29.6 Å². The third-order valence-corrected chi connectivity index (χ3v) is 7.51. The molecule has 2 rings (SSSR count). The number of amides is 2. The van der Waals surface area contributed by atoms with E-state index in [9.17, 15) is 19.2 Å². The van der Waals surface area contributed by atoms with Crippen LogP contribution in [0.25, 0.3) is 0 Å². The van der Waals surface area contributed by atoms with E-state index >= 15 is 4.39 Å². The number of anilines is 1. The van der Waals surface area contributed by atoms with Crippen LogP contribution >= 0.6 is 23.4 Å². The lowest BCUT2D eigenvalue weighted by Crippen LogP contribution is -2.39. The maximum atomic E-state index is 15.2. The van der Waals surface area contributed by atoms with Crippen molar-refractivity contribution in [3.8, 4) is 0 Å². The van der Waals surface area contributed by atoms with Crippen LogP contribution in [0.1, 0.15) is 85.0 Å². The Morgan fingerprint density at radius 3 is 2.26 bits per heavy atom. The van der Waals surface area contributed by atoms with Crippen LogP contribution in [0.4, 0.5) is 10.1 Å². The summed E-state index contributed by atoms with van der Waals surface area (Å²) in [5, 5.41) is 0.0437. The van der Waals surface area contributed by atoms with Gasteiger partial charge in [0.15, 0.2) is 0 Å². The molecule has 0 unspecified atom stereocenters. The number of unbranched alkanes of at least 4 members (excludes halogenated alkanes) is 3. The molecule has 0 heterocycles. The number of thioether (sulfide) groups is 1. The summed E-state index contributed by atoms with van der Waals surface area (Å²) >= 11 is 7.25. The van der Waals surface area contributed by atoms with E-state index in [0.717, 1.165) is 54.8 Å². The molecular weight excluding hydrogens is 533 g/mol. The number of benzene rings is 1. The van der Waals surface area contributed by atoms with Crippen molar-refractivity contribution < 1.29 is 33.0 Å². The van der Waals surface area contributed by atoms with Crippen molar-refractivity contribution >= 4 is 52.8 Å². The summed E-state index contributed by atoms with van der Waals surface area (Å²) in [7, 11) is 0. The zero-order valence-electron chi connectivity index (χ0n) is 22.4. The summed E-state index contributed by atoms with van der Waals surface area (Å²) in [6.45, 7) is 6.15. The van der Waals surface area contributed by atoms with Gasteiger partial charge in [0.2, 0.25) is 5.91 Å². The molecule has 7 nitrogen and oxygen atoms in total. The van der Waals surface area contributed by atoms with Crippen LogP contribution in [0, 0.1) is 5.82 Å². The number of carbonyl (C=O) groups excluding carboxylic acids is 4. The first kappa shape index (κ1) is 31.8. The van der Waals surface area contributed by atoms with Crippen molar-refractivity contribution in [3.63, 3.8) is 0 Å². The van der Waals surface area contributed by atoms with Crippen molar-refractivity contribution in [3.05, 3.63) is 34.1 Å². The molecule has 0 radical (unpaired) electrons. The van der Waals surface area contributed by atoms with Gasteiger partial charge in [-0.25, -0.2) is 14.1 Å². The van der Waals surface area contributed by atoms with Gasteiger partial charge < -0.3 is 9.47 Å². The number of imide groups is 1. The third kappa shape index (κ3) is 9.12. The molecule has 0 atom stereocenters. The van der Waals surface area contributed by atoms with Gasteiger partial charge >= 0.3 is 11.9 Å². The Bertz CT molecular complexity index is 1040. The Balaban J connectivity index is 2.36. The molecular formula is C28H37ClFNO6S. The average molecular weight is 570 g/mol. The molecule has 0 aliphatic heterocycles. The van der Waals surface area contributed by atoms with E-state index in [1.165, 1.54) is 6.07 Å². The third-order valence-electron chi connectivity index (χ3n) is 6.06. The quantitative estimate of drug-likeness (QED) is 0.138. The molecule has 0 N–H and O–H groups in total. The van der Waals surface area contributed by atoms with Gasteiger partial charge in [-0.1, -0.05) is 51.6 Å². The predicted octanol–water partition coefficient (Wildman–Crippen LogP) is 6.79. The fourth-order valence-electron chi connectivity index (χ4n) is 3.93. The fourth-order valence-corrected chi connectivity index (χ4v) is 4.99. The zero-order chi connectivity index (χ0) is 28.1. The summed E-state index contributed by atoms with van der Waals surface area (Å²) in [5.41, 5.74) is 0.133. The molecule has 0 spiro atoms. The largest absolute Gasteiger partial charge is 0.465 e. The minimum atomic E-state index is -0.861. The Morgan fingerprint density at radius 1 is 0.947 bits per heavy atom. The fraction of sp³-hybridized carbons (Fsp3) is 0.571. The molecule has 0 fully saturated rings. The van der Waals surface area contributed by atoms with E-state index in [1.807, 2.05) is 13.8 Å². The topological polar surface area (TPSA) is 90.0 Å². The summed E-state index contributed by atoms with van der Waals surface area (Å²) in [5.74, 6) is -3.31. The van der Waals surface area contributed by atoms with Gasteiger partial charge in [0.05, 0.1) is 29.7 Å². The Morgan fingerprint density at radius 2 is 1.61 bits per heavy atom. The molecule has 10 heteroatoms. The van der Waals surface area contributed by atoms with Gasteiger partial charge in [-0.2, -0.15) is 0 Å². The Kier molecular flexibility index (Phi) is 13.9. The van der Waals surface area contributed by atoms with E-state index in [-0.39, 0.29) is 47.1 Å². The van der Waals surface area contributed by atoms with Crippen LogP contribution in [0.2, 0.25) is 5.02 Å². The molecule has 1 aromatic carbocycles. The summed E-state index contributed by atoms with van der Waals surface area (Å²) in [6, 6.07) is 2.31. The van der Waals surface area contributed by atoms with Gasteiger partial charge in [-0.3, -0.25) is 14.4 Å². The highest BCUT2D eigenvalue weighted by Crippen LogP contribution is 2.36. The van der Waals surface area contributed by atoms with E-state index in [2.05, 4.69) is 0 Å². The van der Waals surface area contributed by atoms with Crippen LogP contribution in [-0.2, 0) is 28.7 Å². The van der Waals surface area contributed by atoms with Gasteiger partial charge in [0.1, 0.15) is 5.82 Å². The monoisotopic (exact) mass is 569 g/mol. The highest BCUT2D eigenvalue weighted by Gasteiger charge is 2.33. The number of halogens is 2. The van der Waals surface area contributed by atoms with Crippen LogP contribution in [-0.4, -0.2) is 42.7 Å². The molecule has 0 bridgehead atoms. The smallest absolute Gasteiger partial charge is 0.334 e. The second-order valence-corrected chi connectivity index (χ2v) is 10.4. The molecule has 1 aliphatic carbocycles. The second kappa shape index (κ2) is 16.5. The average Bonchev–Trinajstić information content (AvgIpc) is 2.91. The first-order valence-corrected chi connectivity index (χ1v) is 14.6. The number of ether oxygens (including phenoxy) is 2. The lowest BCUT2D eigenvalue weighted by atomic mass is 9.90. The zero-order valence-corrected chi connectivity index (χ0v) is 24.0. The van der Waals surface area contributed by atoms with Crippen molar-refractivity contribution in [1.82, 2.24) is 0 Å². The molecule has 0 saturated carbocycles. The molecule has 0 saturated heterocycles. The van der Waals surface area contributed by atoms with Gasteiger partial charge in [-0.15, -0.1) is 11.8 Å². The standard InChI is InChI=1S/C28H37ClFNO6S/c1-4-7-11-15-37-28(35)20-13-10-9-12-19(20)27(34)31(25(32)6-3)23-17-24(21(29)16-22(23)30)38-18-26(33)36-14-8-5-2/h16-17H,4-15,18H2,1-3H3. The molecule has 1 aliphatic rings. The summed E-state index contributed by atoms with van der Waals surface area (Å²) in [4.78, 5) is 52.6. The molecule has 0 aromatic heterocycles. The number of rotatable bonds is 14. The molecule has 1 aromatic rings. The van der Waals surface area contributed by atoms with Crippen molar-refractivity contribution in [2.75, 3.05) is 23.9 Å². The van der Waals surface area contributed by atoms with E-state index in [1.54, 1.807) is 6.92 Å². The predicted molar refractivity (Wildman–Crippen MR) is 147 cm³/mol. The van der Waals surface area contributed by atoms with Gasteiger partial charge in [0.25, 0.3) is 5.91 Å². The molecule has 38 heavy (non-hydrogen) atoms. The van der Waals surface area contributed by atoms with Crippen LogP contribution in [0.3, 0.4) is 0 Å². The lowest BCUT2D eigenvalue weighted by molar-refractivity contribution is -0.141. The summed E-state index contributed by atoms with van der Waals surface area (Å²) in [6.07, 6.45) is 6.20. The van der Waals surface area contributed by atoms with Crippen molar-refractivity contribution in [1.29, 1.82) is 0 Å². The number of carbonyl (C=O) groups is 4. The van der Waals surface area contributed by atoms with Crippen LogP contribution < -0.4 is 4.90 Å².